The van der Waals surface area contributed by atoms with E-state index in [2.05, 4.69) is 46.4 Å². The summed E-state index contributed by atoms with van der Waals surface area (Å²) in [7, 11) is 1.94. The minimum absolute atomic E-state index is 0.0692. The lowest BCUT2D eigenvalue weighted by Crippen LogP contribution is -2.63. The van der Waals surface area contributed by atoms with Crippen molar-refractivity contribution >= 4 is 39.5 Å². The van der Waals surface area contributed by atoms with Crippen molar-refractivity contribution in [2.45, 2.75) is 32.8 Å². The van der Waals surface area contributed by atoms with Crippen molar-refractivity contribution < 1.29 is 14.3 Å². The number of thiazole rings is 1. The highest BCUT2D eigenvalue weighted by molar-refractivity contribution is 7.16. The molecule has 0 bridgehead atoms. The highest BCUT2D eigenvalue weighted by Crippen LogP contribution is 2.38. The second-order valence-electron chi connectivity index (χ2n) is 11.7. The summed E-state index contributed by atoms with van der Waals surface area (Å²) in [6.07, 6.45) is 2.83. The zero-order valence-electron chi connectivity index (χ0n) is 24.8. The number of hydrogen-bond acceptors (Lipinski definition) is 9. The van der Waals surface area contributed by atoms with Crippen LogP contribution in [0, 0.1) is 24.1 Å². The zero-order chi connectivity index (χ0) is 30.5. The van der Waals surface area contributed by atoms with Gasteiger partial charge in [0, 0.05) is 45.0 Å². The third kappa shape index (κ3) is 5.56. The molecular formula is C31H35FN8O2S. The number of carbonyl (C=O) groups excluding carboxylic acids is 1. The Morgan fingerprint density at radius 1 is 1.19 bits per heavy atom. The van der Waals surface area contributed by atoms with Crippen molar-refractivity contribution in [3.8, 4) is 17.3 Å². The van der Waals surface area contributed by atoms with Crippen LogP contribution >= 0.6 is 11.3 Å². The van der Waals surface area contributed by atoms with Crippen molar-refractivity contribution in [2.24, 2.45) is 0 Å². The number of benzene rings is 1. The summed E-state index contributed by atoms with van der Waals surface area (Å²) in [4.78, 5) is 31.1. The first-order valence-corrected chi connectivity index (χ1v) is 15.3. The van der Waals surface area contributed by atoms with Crippen LogP contribution in [-0.2, 0) is 11.2 Å². The van der Waals surface area contributed by atoms with Gasteiger partial charge in [-0.15, -0.1) is 0 Å². The van der Waals surface area contributed by atoms with Crippen LogP contribution in [0.3, 0.4) is 0 Å². The van der Waals surface area contributed by atoms with Gasteiger partial charge in [0.1, 0.15) is 33.9 Å². The topological polar surface area (TPSA) is 104 Å². The van der Waals surface area contributed by atoms with Gasteiger partial charge in [-0.1, -0.05) is 18.3 Å². The monoisotopic (exact) mass is 602 g/mol. The molecule has 6 rings (SSSR count). The normalized spacial score (nSPS) is 16.8. The van der Waals surface area contributed by atoms with Crippen LogP contribution in [0.15, 0.2) is 36.5 Å². The lowest BCUT2D eigenvalue weighted by atomic mass is 9.97. The van der Waals surface area contributed by atoms with Crippen molar-refractivity contribution in [3.63, 3.8) is 0 Å². The maximum absolute atomic E-state index is 13.5. The third-order valence-electron chi connectivity index (χ3n) is 8.22. The van der Waals surface area contributed by atoms with E-state index in [1.54, 1.807) is 24.0 Å². The fourth-order valence-corrected chi connectivity index (χ4v) is 6.77. The maximum atomic E-state index is 13.5. The molecule has 0 radical (unpaired) electrons. The molecule has 4 aromatic rings. The predicted molar refractivity (Wildman–Crippen MR) is 165 cm³/mol. The van der Waals surface area contributed by atoms with Crippen LogP contribution in [0.5, 0.6) is 0 Å². The number of β-amino-alcohol motifs (C(OH)–C–C–N with tert-alkyl or cyclic N) is 1. The summed E-state index contributed by atoms with van der Waals surface area (Å²) in [6, 6.07) is 10.4. The summed E-state index contributed by atoms with van der Waals surface area (Å²) < 4.78 is 15.7. The van der Waals surface area contributed by atoms with Gasteiger partial charge in [0.25, 0.3) is 0 Å². The molecule has 1 N–H and O–H groups in total. The van der Waals surface area contributed by atoms with Crippen LogP contribution in [0.2, 0.25) is 0 Å². The van der Waals surface area contributed by atoms with E-state index in [9.17, 15) is 19.6 Å². The molecule has 10 nitrogen and oxygen atoms in total. The summed E-state index contributed by atoms with van der Waals surface area (Å²) in [5.74, 6) is 0.622. The Kier molecular flexibility index (Phi) is 7.58. The molecule has 0 atom stereocenters. The fraction of sp³-hybridized carbons (Fsp3) is 0.419. The number of halogens is 1. The molecule has 1 aromatic carbocycles. The highest BCUT2D eigenvalue weighted by atomic mass is 32.1. The molecule has 5 heterocycles. The van der Waals surface area contributed by atoms with Crippen molar-refractivity contribution in [2.75, 3.05) is 62.7 Å². The average Bonchev–Trinajstić information content (AvgIpc) is 3.58. The first kappa shape index (κ1) is 29.0. The number of fused-ring (bicyclic) bond motifs is 1. The van der Waals surface area contributed by atoms with E-state index >= 15 is 0 Å². The molecule has 0 saturated carbocycles. The van der Waals surface area contributed by atoms with Crippen LogP contribution in [0.1, 0.15) is 30.0 Å². The Balaban J connectivity index is 1.25. The predicted octanol–water partition coefficient (Wildman–Crippen LogP) is 3.82. The smallest absolute Gasteiger partial charge is 0.236 e. The minimum atomic E-state index is -0.759. The van der Waals surface area contributed by atoms with Crippen LogP contribution in [0.25, 0.3) is 16.9 Å². The molecule has 2 fully saturated rings. The summed E-state index contributed by atoms with van der Waals surface area (Å²) in [6.45, 7) is 10.2. The first-order valence-electron chi connectivity index (χ1n) is 14.5. The molecule has 43 heavy (non-hydrogen) atoms. The molecule has 0 spiro atoms. The molecular weight excluding hydrogens is 567 g/mol. The average molecular weight is 603 g/mol. The van der Waals surface area contributed by atoms with Crippen molar-refractivity contribution in [1.82, 2.24) is 24.2 Å². The molecule has 3 aromatic heterocycles. The number of nitrogens with zero attached hydrogens (tertiary/aromatic N) is 8. The Hall–Kier alpha value is -4.05. The Bertz CT molecular complexity index is 1710. The van der Waals surface area contributed by atoms with Crippen molar-refractivity contribution in [3.05, 3.63) is 58.5 Å². The van der Waals surface area contributed by atoms with E-state index in [4.69, 9.17) is 9.97 Å². The number of nitriles is 1. The van der Waals surface area contributed by atoms with Crippen molar-refractivity contribution in [1.29, 1.82) is 5.26 Å². The Morgan fingerprint density at radius 2 is 1.88 bits per heavy atom. The van der Waals surface area contributed by atoms with E-state index in [-0.39, 0.29) is 11.7 Å². The number of aromatic nitrogens is 3. The second kappa shape index (κ2) is 11.2. The number of aliphatic hydroxyl groups is 1. The number of anilines is 3. The van der Waals surface area contributed by atoms with Gasteiger partial charge in [-0.2, -0.15) is 5.26 Å². The van der Waals surface area contributed by atoms with Gasteiger partial charge in [-0.3, -0.25) is 14.1 Å². The van der Waals surface area contributed by atoms with E-state index in [0.29, 0.717) is 40.9 Å². The van der Waals surface area contributed by atoms with Gasteiger partial charge < -0.3 is 19.8 Å². The standard InChI is InChI=1S/C31H35FN8O2S/c1-5-24-29(36(4)30-35-27(25(15-33)43-30)21-6-8-22(32)9-7-21)40-16-23(14-20(2)28(40)34-24)38-12-10-37(11-13-38)17-26(41)39-18-31(3,42)19-39/h6-9,14,16,42H,5,10-13,17-19H2,1-4H3. The Morgan fingerprint density at radius 3 is 2.51 bits per heavy atom. The molecule has 12 heteroatoms. The molecule has 1 amide bonds. The minimum Gasteiger partial charge on any atom is -0.386 e. The number of hydrogen-bond donors (Lipinski definition) is 1. The number of likely N-dealkylation sites (tertiary alicyclic amines) is 1. The SMILES string of the molecule is CCc1nc2c(C)cc(N3CCN(CC(=O)N4CC(C)(O)C4)CC3)cn2c1N(C)c1nc(-c2ccc(F)cc2)c(C#N)s1. The van der Waals surface area contributed by atoms with E-state index < -0.39 is 5.60 Å². The number of piperazine rings is 1. The fourth-order valence-electron chi connectivity index (χ4n) is 5.92. The van der Waals surface area contributed by atoms with Crippen LogP contribution in [0.4, 0.5) is 21.0 Å². The van der Waals surface area contributed by atoms with E-state index in [1.165, 1.54) is 23.5 Å². The second-order valence-corrected chi connectivity index (χ2v) is 12.6. The van der Waals surface area contributed by atoms with Gasteiger partial charge >= 0.3 is 0 Å². The molecule has 0 unspecified atom stereocenters. The molecule has 224 valence electrons. The number of carbonyl (C=O) groups is 1. The summed E-state index contributed by atoms with van der Waals surface area (Å²) >= 11 is 1.30. The van der Waals surface area contributed by atoms with Gasteiger partial charge in [-0.05, 0) is 56.2 Å². The van der Waals surface area contributed by atoms with Gasteiger partial charge in [0.15, 0.2) is 5.13 Å². The van der Waals surface area contributed by atoms with E-state index in [0.717, 1.165) is 61.0 Å². The molecule has 2 aliphatic heterocycles. The summed E-state index contributed by atoms with van der Waals surface area (Å²) in [5, 5.41) is 20.5. The first-order chi connectivity index (χ1) is 20.6. The van der Waals surface area contributed by atoms with Crippen LogP contribution in [-0.4, -0.2) is 93.6 Å². The van der Waals surface area contributed by atoms with Gasteiger partial charge in [-0.25, -0.2) is 14.4 Å². The number of aryl methyl sites for hydroxylation is 2. The largest absolute Gasteiger partial charge is 0.386 e. The number of imidazole rings is 1. The molecule has 2 aliphatic rings. The molecule has 0 aliphatic carbocycles. The number of amides is 1. The number of rotatable bonds is 7. The molecule has 2 saturated heterocycles. The lowest BCUT2D eigenvalue weighted by Gasteiger charge is -2.45. The van der Waals surface area contributed by atoms with E-state index in [1.807, 2.05) is 11.9 Å². The van der Waals surface area contributed by atoms with Gasteiger partial charge in [0.2, 0.25) is 5.91 Å². The quantitative estimate of drug-likeness (QED) is 0.341. The lowest BCUT2D eigenvalue weighted by molar-refractivity contribution is -0.153. The third-order valence-corrected chi connectivity index (χ3v) is 9.26. The Labute approximate surface area is 254 Å². The van der Waals surface area contributed by atoms with Crippen LogP contribution < -0.4 is 9.80 Å². The number of pyridine rings is 1. The maximum Gasteiger partial charge on any atom is 0.236 e. The zero-order valence-corrected chi connectivity index (χ0v) is 25.7. The van der Waals surface area contributed by atoms with Gasteiger partial charge in [0.05, 0.1) is 36.6 Å². The highest BCUT2D eigenvalue weighted by Gasteiger charge is 2.39. The summed E-state index contributed by atoms with van der Waals surface area (Å²) in [5.41, 5.74) is 4.39.